The summed E-state index contributed by atoms with van der Waals surface area (Å²) in [5.74, 6) is -0.545. The van der Waals surface area contributed by atoms with Gasteiger partial charge in [0.2, 0.25) is 0 Å². The van der Waals surface area contributed by atoms with E-state index in [9.17, 15) is 4.39 Å². The molecule has 0 N–H and O–H groups in total. The number of benzene rings is 1. The number of hydrogen-bond acceptors (Lipinski definition) is 1. The third kappa shape index (κ3) is 2.07. The van der Waals surface area contributed by atoms with Gasteiger partial charge < -0.3 is 0 Å². The molecular weight excluding hydrogens is 233 g/mol. The van der Waals surface area contributed by atoms with Gasteiger partial charge in [-0.1, -0.05) is 19.1 Å². The van der Waals surface area contributed by atoms with Crippen molar-refractivity contribution in [2.45, 2.75) is 19.3 Å². The average molecular weight is 242 g/mol. The van der Waals surface area contributed by atoms with E-state index in [1.807, 2.05) is 6.92 Å². The molecule has 0 bridgehead atoms. The van der Waals surface area contributed by atoms with E-state index in [4.69, 9.17) is 5.26 Å². The summed E-state index contributed by atoms with van der Waals surface area (Å²) in [6.45, 7) is 1.91. The maximum Gasteiger partial charge on any atom is 0.137 e. The minimum atomic E-state index is -0.314. The third-order valence-electron chi connectivity index (χ3n) is 1.92. The van der Waals surface area contributed by atoms with Crippen LogP contribution in [-0.2, 0) is 0 Å². The fourth-order valence-corrected chi connectivity index (χ4v) is 1.71. The van der Waals surface area contributed by atoms with Crippen molar-refractivity contribution < 1.29 is 4.39 Å². The number of rotatable bonds is 2. The molecule has 0 aliphatic rings. The van der Waals surface area contributed by atoms with Crippen molar-refractivity contribution in [2.24, 2.45) is 0 Å². The zero-order valence-corrected chi connectivity index (χ0v) is 8.81. The molecule has 0 aliphatic carbocycles. The highest BCUT2D eigenvalue weighted by Crippen LogP contribution is 2.28. The van der Waals surface area contributed by atoms with Gasteiger partial charge in [-0.15, -0.1) is 0 Å². The Morgan fingerprint density at radius 1 is 1.62 bits per heavy atom. The highest BCUT2D eigenvalue weighted by Gasteiger charge is 2.13. The van der Waals surface area contributed by atoms with E-state index in [1.54, 1.807) is 12.1 Å². The molecule has 1 unspecified atom stereocenters. The Kier molecular flexibility index (Phi) is 3.44. The van der Waals surface area contributed by atoms with Crippen LogP contribution < -0.4 is 0 Å². The Labute approximate surface area is 85.3 Å². The first-order valence-corrected chi connectivity index (χ1v) is 4.83. The van der Waals surface area contributed by atoms with Gasteiger partial charge in [0, 0.05) is 0 Å². The van der Waals surface area contributed by atoms with Gasteiger partial charge in [-0.05, 0) is 34.0 Å². The Hall–Kier alpha value is -0.880. The van der Waals surface area contributed by atoms with E-state index in [1.165, 1.54) is 6.07 Å². The standard InChI is InChI=1S/C10H9BrFN/c1-2-7(6-13)8-4-3-5-9(12)10(8)11/h3-5,7H,2H2,1H3. The summed E-state index contributed by atoms with van der Waals surface area (Å²) in [7, 11) is 0. The van der Waals surface area contributed by atoms with Crippen LogP contribution in [0.3, 0.4) is 0 Å². The molecule has 13 heavy (non-hydrogen) atoms. The van der Waals surface area contributed by atoms with Crippen LogP contribution in [0.15, 0.2) is 22.7 Å². The topological polar surface area (TPSA) is 23.8 Å². The van der Waals surface area contributed by atoms with Gasteiger partial charge in [0.15, 0.2) is 0 Å². The largest absolute Gasteiger partial charge is 0.206 e. The van der Waals surface area contributed by atoms with Gasteiger partial charge >= 0.3 is 0 Å². The van der Waals surface area contributed by atoms with Crippen LogP contribution in [0, 0.1) is 17.1 Å². The summed E-state index contributed by atoms with van der Waals surface area (Å²) in [6, 6.07) is 6.90. The lowest BCUT2D eigenvalue weighted by Gasteiger charge is -2.08. The lowest BCUT2D eigenvalue weighted by Crippen LogP contribution is -1.96. The number of nitrogens with zero attached hydrogens (tertiary/aromatic N) is 1. The molecule has 1 rings (SSSR count). The first kappa shape index (κ1) is 10.2. The molecular formula is C10H9BrFN. The van der Waals surface area contributed by atoms with E-state index in [0.29, 0.717) is 10.9 Å². The lowest BCUT2D eigenvalue weighted by atomic mass is 9.98. The van der Waals surface area contributed by atoms with Crippen molar-refractivity contribution in [3.8, 4) is 6.07 Å². The fraction of sp³-hybridized carbons (Fsp3) is 0.300. The molecule has 0 saturated carbocycles. The summed E-state index contributed by atoms with van der Waals surface area (Å²) in [4.78, 5) is 0. The zero-order chi connectivity index (χ0) is 9.84. The molecule has 1 aromatic rings. The maximum absolute atomic E-state index is 13.1. The van der Waals surface area contributed by atoms with Crippen LogP contribution in [0.4, 0.5) is 4.39 Å². The minimum Gasteiger partial charge on any atom is -0.206 e. The van der Waals surface area contributed by atoms with Gasteiger partial charge in [-0.3, -0.25) is 0 Å². The van der Waals surface area contributed by atoms with E-state index < -0.39 is 0 Å². The fourth-order valence-electron chi connectivity index (χ4n) is 1.17. The van der Waals surface area contributed by atoms with Crippen molar-refractivity contribution in [1.82, 2.24) is 0 Å². The summed E-state index contributed by atoms with van der Waals surface area (Å²) in [6.07, 6.45) is 0.693. The van der Waals surface area contributed by atoms with E-state index >= 15 is 0 Å². The molecule has 0 heterocycles. The predicted molar refractivity (Wildman–Crippen MR) is 52.7 cm³/mol. The molecule has 0 aliphatic heterocycles. The highest BCUT2D eigenvalue weighted by atomic mass is 79.9. The molecule has 1 atom stereocenters. The summed E-state index contributed by atoms with van der Waals surface area (Å²) in [5.41, 5.74) is 0.727. The molecule has 0 saturated heterocycles. The van der Waals surface area contributed by atoms with Crippen molar-refractivity contribution >= 4 is 15.9 Å². The maximum atomic E-state index is 13.1. The van der Waals surface area contributed by atoms with E-state index in [2.05, 4.69) is 22.0 Å². The van der Waals surface area contributed by atoms with Crippen LogP contribution in [0.1, 0.15) is 24.8 Å². The van der Waals surface area contributed by atoms with Crippen molar-refractivity contribution in [3.63, 3.8) is 0 Å². The Morgan fingerprint density at radius 3 is 2.85 bits per heavy atom. The van der Waals surface area contributed by atoms with Crippen LogP contribution in [0.25, 0.3) is 0 Å². The number of hydrogen-bond donors (Lipinski definition) is 0. The first-order chi connectivity index (χ1) is 6.20. The molecule has 1 aromatic carbocycles. The number of nitriles is 1. The van der Waals surface area contributed by atoms with E-state index in [-0.39, 0.29) is 11.7 Å². The Balaban J connectivity index is 3.15. The molecule has 1 nitrogen and oxygen atoms in total. The average Bonchev–Trinajstić information content (AvgIpc) is 2.14. The third-order valence-corrected chi connectivity index (χ3v) is 2.76. The van der Waals surface area contributed by atoms with Gasteiger partial charge in [0.05, 0.1) is 16.5 Å². The molecule has 68 valence electrons. The van der Waals surface area contributed by atoms with Crippen molar-refractivity contribution in [3.05, 3.63) is 34.1 Å². The predicted octanol–water partition coefficient (Wildman–Crippen LogP) is 3.61. The quantitative estimate of drug-likeness (QED) is 0.777. The smallest absolute Gasteiger partial charge is 0.137 e. The molecule has 0 aromatic heterocycles. The second-order valence-electron chi connectivity index (χ2n) is 2.73. The SMILES string of the molecule is CCC(C#N)c1cccc(F)c1Br. The number of halogens is 2. The summed E-state index contributed by atoms with van der Waals surface area (Å²) in [5, 5.41) is 8.80. The Bertz CT molecular complexity index is 343. The normalized spacial score (nSPS) is 12.2. The summed E-state index contributed by atoms with van der Waals surface area (Å²) < 4.78 is 13.5. The van der Waals surface area contributed by atoms with Gasteiger partial charge in [-0.2, -0.15) is 5.26 Å². The molecule has 0 radical (unpaired) electrons. The first-order valence-electron chi connectivity index (χ1n) is 4.04. The van der Waals surface area contributed by atoms with Crippen LogP contribution in [-0.4, -0.2) is 0 Å². The van der Waals surface area contributed by atoms with Crippen LogP contribution in [0.2, 0.25) is 0 Å². The second kappa shape index (κ2) is 4.38. The van der Waals surface area contributed by atoms with Crippen LogP contribution in [0.5, 0.6) is 0 Å². The molecule has 0 spiro atoms. The van der Waals surface area contributed by atoms with E-state index in [0.717, 1.165) is 5.56 Å². The highest BCUT2D eigenvalue weighted by molar-refractivity contribution is 9.10. The van der Waals surface area contributed by atoms with Crippen LogP contribution >= 0.6 is 15.9 Å². The molecule has 0 fully saturated rings. The summed E-state index contributed by atoms with van der Waals surface area (Å²) >= 11 is 3.14. The van der Waals surface area contributed by atoms with Gasteiger partial charge in [0.1, 0.15) is 5.82 Å². The zero-order valence-electron chi connectivity index (χ0n) is 7.22. The molecule has 3 heteroatoms. The van der Waals surface area contributed by atoms with Crippen molar-refractivity contribution in [1.29, 1.82) is 5.26 Å². The van der Waals surface area contributed by atoms with Gasteiger partial charge in [0.25, 0.3) is 0 Å². The minimum absolute atomic E-state index is 0.231. The monoisotopic (exact) mass is 241 g/mol. The Morgan fingerprint density at radius 2 is 2.31 bits per heavy atom. The van der Waals surface area contributed by atoms with Crippen molar-refractivity contribution in [2.75, 3.05) is 0 Å². The van der Waals surface area contributed by atoms with Gasteiger partial charge in [-0.25, -0.2) is 4.39 Å². The second-order valence-corrected chi connectivity index (χ2v) is 3.53. The molecule has 0 amide bonds. The lowest BCUT2D eigenvalue weighted by molar-refractivity contribution is 0.615.